The molecule has 1 aromatic heterocycles. The number of ether oxygens (including phenoxy) is 1. The molecule has 0 saturated carbocycles. The number of nitrogens with zero attached hydrogens (tertiary/aromatic N) is 2. The minimum Gasteiger partial charge on any atom is -0.504 e. The van der Waals surface area contributed by atoms with Gasteiger partial charge in [0.15, 0.2) is 17.2 Å². The van der Waals surface area contributed by atoms with Crippen molar-refractivity contribution in [3.05, 3.63) is 65.9 Å². The zero-order valence-corrected chi connectivity index (χ0v) is 13.0. The summed E-state index contributed by atoms with van der Waals surface area (Å²) >= 11 is 0. The largest absolute Gasteiger partial charge is 0.504 e. The zero-order valence-electron chi connectivity index (χ0n) is 13.0. The Morgan fingerprint density at radius 3 is 2.58 bits per heavy atom. The highest BCUT2D eigenvalue weighted by Crippen LogP contribution is 2.32. The monoisotopic (exact) mass is 324 g/mol. The van der Waals surface area contributed by atoms with Crippen LogP contribution in [0.2, 0.25) is 0 Å². The second kappa shape index (κ2) is 6.45. The summed E-state index contributed by atoms with van der Waals surface area (Å²) in [6, 6.07) is 16.0. The van der Waals surface area contributed by atoms with Gasteiger partial charge in [0.25, 0.3) is 0 Å². The van der Waals surface area contributed by atoms with Crippen molar-refractivity contribution in [3.63, 3.8) is 0 Å². The van der Waals surface area contributed by atoms with Gasteiger partial charge in [-0.3, -0.25) is 4.68 Å². The highest BCUT2D eigenvalue weighted by atomic mass is 16.5. The molecular formula is C18H16N2O4. The molecule has 2 aromatic carbocycles. The van der Waals surface area contributed by atoms with Crippen molar-refractivity contribution in [3.8, 4) is 22.8 Å². The van der Waals surface area contributed by atoms with E-state index in [0.717, 1.165) is 5.56 Å². The van der Waals surface area contributed by atoms with E-state index in [1.54, 1.807) is 19.2 Å². The van der Waals surface area contributed by atoms with Crippen molar-refractivity contribution in [2.45, 2.75) is 6.61 Å². The predicted octanol–water partition coefficient (Wildman–Crippen LogP) is 3.07. The van der Waals surface area contributed by atoms with Gasteiger partial charge in [-0.15, -0.1) is 0 Å². The maximum atomic E-state index is 11.0. The topological polar surface area (TPSA) is 84.6 Å². The molecule has 3 rings (SSSR count). The Morgan fingerprint density at radius 1 is 1.17 bits per heavy atom. The summed E-state index contributed by atoms with van der Waals surface area (Å²) in [4.78, 5) is 11.0. The third-order valence-electron chi connectivity index (χ3n) is 3.59. The van der Waals surface area contributed by atoms with Gasteiger partial charge in [0.2, 0.25) is 0 Å². The molecule has 0 aliphatic carbocycles. The van der Waals surface area contributed by atoms with E-state index in [2.05, 4.69) is 5.10 Å². The standard InChI is InChI=1S/C18H16N2O4/c1-20-15(10-14(19-20)18(22)23)13-7-8-16(21)17(9-13)24-11-12-5-3-2-4-6-12/h2-10,21H,11H2,1H3,(H,22,23). The average molecular weight is 324 g/mol. The SMILES string of the molecule is Cn1nc(C(=O)O)cc1-c1ccc(O)c(OCc2ccccc2)c1. The molecule has 3 aromatic rings. The fraction of sp³-hybridized carbons (Fsp3) is 0.111. The Hall–Kier alpha value is -3.28. The van der Waals surface area contributed by atoms with Crippen LogP contribution in [0.5, 0.6) is 11.5 Å². The summed E-state index contributed by atoms with van der Waals surface area (Å²) in [6.07, 6.45) is 0. The molecule has 24 heavy (non-hydrogen) atoms. The Kier molecular flexibility index (Phi) is 4.20. The first-order valence-electron chi connectivity index (χ1n) is 7.32. The lowest BCUT2D eigenvalue weighted by molar-refractivity contribution is 0.0689. The molecule has 122 valence electrons. The summed E-state index contributed by atoms with van der Waals surface area (Å²) in [7, 11) is 1.67. The van der Waals surface area contributed by atoms with Gasteiger partial charge in [-0.25, -0.2) is 4.79 Å². The molecule has 0 aliphatic heterocycles. The first-order valence-corrected chi connectivity index (χ1v) is 7.32. The average Bonchev–Trinajstić information content (AvgIpc) is 2.97. The first kappa shape index (κ1) is 15.6. The lowest BCUT2D eigenvalue weighted by atomic mass is 10.1. The van der Waals surface area contributed by atoms with Crippen LogP contribution in [0, 0.1) is 0 Å². The van der Waals surface area contributed by atoms with Gasteiger partial charge in [0.05, 0.1) is 5.69 Å². The number of aromatic nitrogens is 2. The first-order chi connectivity index (χ1) is 11.5. The van der Waals surface area contributed by atoms with Crippen LogP contribution in [0.15, 0.2) is 54.6 Å². The van der Waals surface area contributed by atoms with Gasteiger partial charge in [0.1, 0.15) is 6.61 Å². The van der Waals surface area contributed by atoms with E-state index >= 15 is 0 Å². The van der Waals surface area contributed by atoms with E-state index in [1.807, 2.05) is 30.3 Å². The molecule has 6 nitrogen and oxygen atoms in total. The van der Waals surface area contributed by atoms with E-state index in [-0.39, 0.29) is 11.4 Å². The van der Waals surface area contributed by atoms with Crippen molar-refractivity contribution in [1.29, 1.82) is 0 Å². The van der Waals surface area contributed by atoms with Gasteiger partial charge in [-0.1, -0.05) is 30.3 Å². The maximum Gasteiger partial charge on any atom is 0.356 e. The number of aryl methyl sites for hydroxylation is 1. The summed E-state index contributed by atoms with van der Waals surface area (Å²) in [5.41, 5.74) is 2.28. The van der Waals surface area contributed by atoms with E-state index in [1.165, 1.54) is 16.8 Å². The minimum absolute atomic E-state index is 0.0234. The van der Waals surface area contributed by atoms with Crippen LogP contribution in [0.4, 0.5) is 0 Å². The Bertz CT molecular complexity index is 872. The van der Waals surface area contributed by atoms with Crippen molar-refractivity contribution < 1.29 is 19.7 Å². The lowest BCUT2D eigenvalue weighted by Crippen LogP contribution is -1.99. The van der Waals surface area contributed by atoms with Crippen LogP contribution in [0.25, 0.3) is 11.3 Å². The summed E-state index contributed by atoms with van der Waals surface area (Å²) in [5.74, 6) is -0.735. The van der Waals surface area contributed by atoms with Crippen LogP contribution in [0.1, 0.15) is 16.1 Å². The smallest absolute Gasteiger partial charge is 0.356 e. The van der Waals surface area contributed by atoms with Gasteiger partial charge in [0, 0.05) is 12.6 Å². The molecule has 0 unspecified atom stereocenters. The van der Waals surface area contributed by atoms with Gasteiger partial charge in [-0.2, -0.15) is 5.10 Å². The number of aromatic hydroxyl groups is 1. The molecule has 2 N–H and O–H groups in total. The quantitative estimate of drug-likeness (QED) is 0.753. The van der Waals surface area contributed by atoms with Crippen molar-refractivity contribution in [2.24, 2.45) is 7.05 Å². The van der Waals surface area contributed by atoms with Crippen LogP contribution >= 0.6 is 0 Å². The number of phenols is 1. The molecule has 0 fully saturated rings. The fourth-order valence-corrected chi connectivity index (χ4v) is 2.37. The highest BCUT2D eigenvalue weighted by molar-refractivity contribution is 5.87. The number of rotatable bonds is 5. The number of hydrogen-bond donors (Lipinski definition) is 2. The van der Waals surface area contributed by atoms with Gasteiger partial charge in [-0.05, 0) is 29.8 Å². The zero-order chi connectivity index (χ0) is 17.1. The Labute approximate surface area is 138 Å². The number of aromatic carboxylic acids is 1. The van der Waals surface area contributed by atoms with Crippen LogP contribution in [0.3, 0.4) is 0 Å². The molecule has 0 atom stereocenters. The number of phenolic OH excluding ortho intramolecular Hbond substituents is 1. The normalized spacial score (nSPS) is 10.5. The van der Waals surface area contributed by atoms with Crippen molar-refractivity contribution >= 4 is 5.97 Å². The number of hydrogen-bond acceptors (Lipinski definition) is 4. The van der Waals surface area contributed by atoms with Crippen LogP contribution in [-0.4, -0.2) is 26.0 Å². The fourth-order valence-electron chi connectivity index (χ4n) is 2.37. The van der Waals surface area contributed by atoms with Crippen molar-refractivity contribution in [2.75, 3.05) is 0 Å². The number of carboxylic acid groups (broad SMARTS) is 1. The van der Waals surface area contributed by atoms with Crippen molar-refractivity contribution in [1.82, 2.24) is 9.78 Å². The molecule has 0 amide bonds. The lowest BCUT2D eigenvalue weighted by Gasteiger charge is -2.10. The summed E-state index contributed by atoms with van der Waals surface area (Å²) in [5, 5.41) is 23.0. The highest BCUT2D eigenvalue weighted by Gasteiger charge is 2.14. The summed E-state index contributed by atoms with van der Waals surface area (Å²) < 4.78 is 7.17. The Morgan fingerprint density at radius 2 is 1.92 bits per heavy atom. The number of benzene rings is 2. The second-order valence-corrected chi connectivity index (χ2v) is 5.30. The van der Waals surface area contributed by atoms with Crippen LogP contribution < -0.4 is 4.74 Å². The van der Waals surface area contributed by atoms with E-state index < -0.39 is 5.97 Å². The molecule has 0 saturated heterocycles. The number of carbonyl (C=O) groups is 1. The molecule has 0 bridgehead atoms. The van der Waals surface area contributed by atoms with Gasteiger partial charge < -0.3 is 14.9 Å². The van der Waals surface area contributed by atoms with E-state index in [0.29, 0.717) is 23.6 Å². The molecule has 1 heterocycles. The molecular weight excluding hydrogens is 308 g/mol. The maximum absolute atomic E-state index is 11.0. The molecule has 0 radical (unpaired) electrons. The molecule has 6 heteroatoms. The molecule has 0 aliphatic rings. The second-order valence-electron chi connectivity index (χ2n) is 5.30. The summed E-state index contributed by atoms with van der Waals surface area (Å²) in [6.45, 7) is 0.323. The third-order valence-corrected chi connectivity index (χ3v) is 3.59. The Balaban J connectivity index is 1.87. The van der Waals surface area contributed by atoms with E-state index in [4.69, 9.17) is 9.84 Å². The number of carboxylic acids is 1. The molecule has 0 spiro atoms. The van der Waals surface area contributed by atoms with Gasteiger partial charge >= 0.3 is 5.97 Å². The van der Waals surface area contributed by atoms with E-state index in [9.17, 15) is 9.90 Å². The third kappa shape index (κ3) is 3.22. The van der Waals surface area contributed by atoms with Crippen LogP contribution in [-0.2, 0) is 13.7 Å². The minimum atomic E-state index is -1.09. The predicted molar refractivity (Wildman–Crippen MR) is 88.0 cm³/mol.